The highest BCUT2D eigenvalue weighted by molar-refractivity contribution is 7.21. The van der Waals surface area contributed by atoms with E-state index in [1.165, 1.54) is 26.1 Å². The van der Waals surface area contributed by atoms with Gasteiger partial charge in [-0.3, -0.25) is 9.30 Å². The molecule has 0 bridgehead atoms. The average Bonchev–Trinajstić information content (AvgIpc) is 3.93. The largest absolute Gasteiger partial charge is 0.457 e. The molecular formula is C50H32N4O2Si. The Morgan fingerprint density at radius 3 is 2.11 bits per heavy atom. The summed E-state index contributed by atoms with van der Waals surface area (Å²) in [5.41, 5.74) is 5.74. The zero-order valence-electron chi connectivity index (χ0n) is 30.6. The number of hydrogen-bond acceptors (Lipinski definition) is 5. The van der Waals surface area contributed by atoms with Gasteiger partial charge in [0.25, 0.3) is 0 Å². The summed E-state index contributed by atoms with van der Waals surface area (Å²) in [6, 6.07) is 62.3. The topological polar surface area (TPSA) is 55.8 Å². The van der Waals surface area contributed by atoms with E-state index in [0.717, 1.165) is 72.6 Å². The Kier molecular flexibility index (Phi) is 6.85. The van der Waals surface area contributed by atoms with Crippen LogP contribution in [0, 0.1) is 0 Å². The van der Waals surface area contributed by atoms with Gasteiger partial charge in [-0.15, -0.1) is 0 Å². The van der Waals surface area contributed by atoms with Crippen molar-refractivity contribution >= 4 is 95.3 Å². The Hall–Kier alpha value is -7.48. The molecule has 1 aliphatic heterocycles. The molecule has 6 nitrogen and oxygen atoms in total. The van der Waals surface area contributed by atoms with E-state index in [-0.39, 0.29) is 0 Å². The minimum Gasteiger partial charge on any atom is -0.457 e. The zero-order valence-corrected chi connectivity index (χ0v) is 31.6. The fraction of sp³-hybridized carbons (Fsp3) is 0. The summed E-state index contributed by atoms with van der Waals surface area (Å²) in [5.74, 6) is 2.36. The molecule has 5 heterocycles. The number of hydrogen-bond donors (Lipinski definition) is 0. The van der Waals surface area contributed by atoms with Crippen molar-refractivity contribution in [2.75, 3.05) is 4.90 Å². The van der Waals surface area contributed by atoms with Crippen LogP contribution in [0.25, 0.3) is 49.3 Å². The van der Waals surface area contributed by atoms with E-state index in [1.807, 2.05) is 30.7 Å². The van der Waals surface area contributed by atoms with Crippen molar-refractivity contribution in [3.8, 4) is 11.5 Å². The van der Waals surface area contributed by atoms with Crippen LogP contribution in [-0.2, 0) is 0 Å². The van der Waals surface area contributed by atoms with Crippen molar-refractivity contribution in [1.29, 1.82) is 0 Å². The number of para-hydroxylation sites is 2. The van der Waals surface area contributed by atoms with Gasteiger partial charge in [-0.2, -0.15) is 0 Å². The number of nitrogens with zero attached hydrogens (tertiary/aromatic N) is 4. The van der Waals surface area contributed by atoms with Crippen LogP contribution in [0.4, 0.5) is 17.2 Å². The lowest BCUT2D eigenvalue weighted by atomic mass is 10.1. The molecule has 0 saturated heterocycles. The normalized spacial score (nSPS) is 13.4. The molecular weight excluding hydrogens is 717 g/mol. The molecule has 7 aromatic carbocycles. The highest BCUT2D eigenvalue weighted by Gasteiger charge is 2.50. The monoisotopic (exact) mass is 748 g/mol. The summed E-state index contributed by atoms with van der Waals surface area (Å²) in [6.45, 7) is 0. The average molecular weight is 749 g/mol. The number of imidazole rings is 1. The Labute approximate surface area is 328 Å². The van der Waals surface area contributed by atoms with Crippen molar-refractivity contribution in [3.63, 3.8) is 0 Å². The van der Waals surface area contributed by atoms with E-state index in [1.54, 1.807) is 0 Å². The van der Waals surface area contributed by atoms with Crippen molar-refractivity contribution in [3.05, 3.63) is 195 Å². The number of aromatic nitrogens is 3. The standard InChI is InChI=1S/C50H32N4O2Si/c1-3-15-36(16-4-1)57(37-17-5-2-6-18-37)45-27-26-44-47(40-20-8-10-22-43(40)56-44)48(45)54(50-46(57)23-12-28-51-50)33-13-11-14-34(31-33)55-35-24-25-38-39-19-7-9-21-42(39)53-30-29-52-49(53)41(38)32-35/h1-32H. The lowest BCUT2D eigenvalue weighted by molar-refractivity contribution is 0.483. The highest BCUT2D eigenvalue weighted by Crippen LogP contribution is 2.45. The zero-order chi connectivity index (χ0) is 37.5. The first kappa shape index (κ1) is 31.8. The number of pyridine rings is 2. The van der Waals surface area contributed by atoms with Gasteiger partial charge in [-0.1, -0.05) is 115 Å². The Balaban J connectivity index is 1.09. The van der Waals surface area contributed by atoms with E-state index in [9.17, 15) is 0 Å². The van der Waals surface area contributed by atoms with Crippen LogP contribution in [0.3, 0.4) is 0 Å². The number of benzene rings is 7. The van der Waals surface area contributed by atoms with Gasteiger partial charge >= 0.3 is 0 Å². The van der Waals surface area contributed by atoms with Gasteiger partial charge in [-0.05, 0) is 80.7 Å². The molecule has 0 saturated carbocycles. The fourth-order valence-corrected chi connectivity index (χ4v) is 14.3. The van der Waals surface area contributed by atoms with Gasteiger partial charge < -0.3 is 9.15 Å². The summed E-state index contributed by atoms with van der Waals surface area (Å²) in [6.07, 6.45) is 5.78. The fourth-order valence-electron chi connectivity index (χ4n) is 9.31. The van der Waals surface area contributed by atoms with Crippen molar-refractivity contribution < 1.29 is 9.15 Å². The van der Waals surface area contributed by atoms with Crippen LogP contribution < -0.4 is 30.4 Å². The van der Waals surface area contributed by atoms with Crippen molar-refractivity contribution in [2.24, 2.45) is 0 Å². The number of rotatable bonds is 5. The van der Waals surface area contributed by atoms with Gasteiger partial charge in [0.05, 0.1) is 22.3 Å². The summed E-state index contributed by atoms with van der Waals surface area (Å²) < 4.78 is 15.5. The molecule has 0 radical (unpaired) electrons. The second kappa shape index (κ2) is 12.3. The maximum Gasteiger partial charge on any atom is 0.186 e. The molecule has 0 N–H and O–H groups in total. The summed E-state index contributed by atoms with van der Waals surface area (Å²) in [4.78, 5) is 12.4. The van der Waals surface area contributed by atoms with E-state index in [0.29, 0.717) is 0 Å². The van der Waals surface area contributed by atoms with Crippen LogP contribution in [0.2, 0.25) is 0 Å². The van der Waals surface area contributed by atoms with Gasteiger partial charge in [-0.25, -0.2) is 9.97 Å². The molecule has 7 heteroatoms. The van der Waals surface area contributed by atoms with Crippen LogP contribution in [0.1, 0.15) is 0 Å². The molecule has 0 unspecified atom stereocenters. The third kappa shape index (κ3) is 4.57. The maximum atomic E-state index is 6.76. The molecule has 1 aliphatic rings. The van der Waals surface area contributed by atoms with Crippen LogP contribution >= 0.6 is 0 Å². The highest BCUT2D eigenvalue weighted by atomic mass is 28.3. The Morgan fingerprint density at radius 1 is 0.509 bits per heavy atom. The van der Waals surface area contributed by atoms with E-state index >= 15 is 0 Å². The molecule has 57 heavy (non-hydrogen) atoms. The molecule has 11 aromatic rings. The predicted octanol–water partition coefficient (Wildman–Crippen LogP) is 9.89. The summed E-state index contributed by atoms with van der Waals surface area (Å²) in [7, 11) is -2.95. The predicted molar refractivity (Wildman–Crippen MR) is 234 cm³/mol. The molecule has 0 aliphatic carbocycles. The molecule has 4 aromatic heterocycles. The SMILES string of the molecule is c1ccc([Si]2(c3ccccc3)c3cccnc3N(c3cccc(Oc4ccc5c6ccccc6n6ccnc6c5c4)c3)c3c2ccc2oc4ccccc4c32)cc1. The smallest absolute Gasteiger partial charge is 0.186 e. The summed E-state index contributed by atoms with van der Waals surface area (Å²) in [5, 5.41) is 10.6. The lowest BCUT2D eigenvalue weighted by Crippen LogP contribution is -2.77. The number of furan rings is 1. The van der Waals surface area contributed by atoms with E-state index in [4.69, 9.17) is 19.1 Å². The minimum absolute atomic E-state index is 0.718. The van der Waals surface area contributed by atoms with Gasteiger partial charge in [0.15, 0.2) is 8.07 Å². The number of ether oxygens (including phenoxy) is 1. The third-order valence-electron chi connectivity index (χ3n) is 11.6. The molecule has 0 fully saturated rings. The number of anilines is 3. The number of fused-ring (bicyclic) bond motifs is 12. The second-order valence-electron chi connectivity index (χ2n) is 14.6. The second-order valence-corrected chi connectivity index (χ2v) is 18.3. The molecule has 0 amide bonds. The third-order valence-corrected chi connectivity index (χ3v) is 16.4. The first-order valence-electron chi connectivity index (χ1n) is 19.1. The van der Waals surface area contributed by atoms with Crippen LogP contribution in [0.15, 0.2) is 199 Å². The van der Waals surface area contributed by atoms with Crippen molar-refractivity contribution in [1.82, 2.24) is 14.4 Å². The maximum absolute atomic E-state index is 6.76. The van der Waals surface area contributed by atoms with E-state index < -0.39 is 8.07 Å². The summed E-state index contributed by atoms with van der Waals surface area (Å²) >= 11 is 0. The van der Waals surface area contributed by atoms with E-state index in [2.05, 4.69) is 173 Å². The first-order chi connectivity index (χ1) is 28.3. The molecule has 268 valence electrons. The van der Waals surface area contributed by atoms with Gasteiger partial charge in [0.1, 0.15) is 34.1 Å². The van der Waals surface area contributed by atoms with Gasteiger partial charge in [0, 0.05) is 40.8 Å². The van der Waals surface area contributed by atoms with Crippen LogP contribution in [-0.4, -0.2) is 22.4 Å². The molecule has 12 rings (SSSR count). The Morgan fingerprint density at radius 2 is 1.26 bits per heavy atom. The van der Waals surface area contributed by atoms with Crippen LogP contribution in [0.5, 0.6) is 11.5 Å². The Bertz CT molecular complexity index is 3320. The van der Waals surface area contributed by atoms with Gasteiger partial charge in [0.2, 0.25) is 0 Å². The lowest BCUT2D eigenvalue weighted by Gasteiger charge is -2.44. The minimum atomic E-state index is -2.95. The molecule has 0 spiro atoms. The quantitative estimate of drug-likeness (QED) is 0.130. The molecule has 0 atom stereocenters. The van der Waals surface area contributed by atoms with Crippen molar-refractivity contribution in [2.45, 2.75) is 0 Å². The first-order valence-corrected chi connectivity index (χ1v) is 21.1.